The van der Waals surface area contributed by atoms with Crippen molar-refractivity contribution in [3.05, 3.63) is 12.2 Å². The van der Waals surface area contributed by atoms with Crippen LogP contribution in [0.5, 0.6) is 0 Å². The SMILES string of the molecule is CCCCCCCCCCCCCCCCCCCCC/C=C/C(O)C(CO)NC(=O)CCCCCCCCCCCCCCCCCCCOC(=O)CCCCCCCCCCCCCCCCCC. The van der Waals surface area contributed by atoms with Gasteiger partial charge in [-0.15, -0.1) is 0 Å². The summed E-state index contributed by atoms with van der Waals surface area (Å²) in [7, 11) is 0. The molecule has 0 aromatic carbocycles. The number of amides is 1. The van der Waals surface area contributed by atoms with E-state index in [1.807, 2.05) is 6.08 Å². The first kappa shape index (κ1) is 69.6. The van der Waals surface area contributed by atoms with Crippen LogP contribution in [0.1, 0.15) is 367 Å². The first-order valence-corrected chi connectivity index (χ1v) is 32.5. The van der Waals surface area contributed by atoms with Crippen molar-refractivity contribution < 1.29 is 24.5 Å². The summed E-state index contributed by atoms with van der Waals surface area (Å²) in [5.74, 6) is -0.0600. The second-order valence-corrected chi connectivity index (χ2v) is 22.5. The van der Waals surface area contributed by atoms with Crippen molar-refractivity contribution in [2.45, 2.75) is 379 Å². The third-order valence-electron chi connectivity index (χ3n) is 15.3. The van der Waals surface area contributed by atoms with E-state index < -0.39 is 12.1 Å². The molecule has 6 nitrogen and oxygen atoms in total. The average Bonchev–Trinajstić information content (AvgIpc) is 3.37. The van der Waals surface area contributed by atoms with Gasteiger partial charge in [-0.05, 0) is 32.1 Å². The number of ether oxygens (including phenoxy) is 1. The fourth-order valence-electron chi connectivity index (χ4n) is 10.3. The largest absolute Gasteiger partial charge is 0.466 e. The lowest BCUT2D eigenvalue weighted by Gasteiger charge is -2.20. The minimum absolute atomic E-state index is 0.00899. The van der Waals surface area contributed by atoms with Gasteiger partial charge in [-0.2, -0.15) is 0 Å². The second-order valence-electron chi connectivity index (χ2n) is 22.5. The Labute approximate surface area is 444 Å². The highest BCUT2D eigenvalue weighted by Gasteiger charge is 2.18. The van der Waals surface area contributed by atoms with E-state index in [1.165, 1.54) is 302 Å². The first-order chi connectivity index (χ1) is 35.0. The van der Waals surface area contributed by atoms with E-state index in [2.05, 4.69) is 19.2 Å². The van der Waals surface area contributed by atoms with Crippen molar-refractivity contribution in [3.8, 4) is 0 Å². The fourth-order valence-corrected chi connectivity index (χ4v) is 10.3. The van der Waals surface area contributed by atoms with E-state index in [1.54, 1.807) is 6.08 Å². The number of carbonyl (C=O) groups excluding carboxylic acids is 2. The molecule has 6 heteroatoms. The van der Waals surface area contributed by atoms with Gasteiger partial charge in [0, 0.05) is 12.8 Å². The van der Waals surface area contributed by atoms with Gasteiger partial charge in [-0.1, -0.05) is 334 Å². The summed E-state index contributed by atoms with van der Waals surface area (Å²) in [6.45, 7) is 4.93. The van der Waals surface area contributed by atoms with Crippen molar-refractivity contribution >= 4 is 11.9 Å². The molecule has 0 aromatic rings. The van der Waals surface area contributed by atoms with Crippen LogP contribution in [0, 0.1) is 0 Å². The van der Waals surface area contributed by atoms with E-state index in [9.17, 15) is 19.8 Å². The van der Waals surface area contributed by atoms with Gasteiger partial charge in [0.2, 0.25) is 5.91 Å². The van der Waals surface area contributed by atoms with Crippen molar-refractivity contribution in [3.63, 3.8) is 0 Å². The summed E-state index contributed by atoms with van der Waals surface area (Å²) < 4.78 is 5.49. The van der Waals surface area contributed by atoms with Crippen LogP contribution in [0.25, 0.3) is 0 Å². The summed E-state index contributed by atoms with van der Waals surface area (Å²) in [6.07, 6.45) is 74.0. The van der Waals surface area contributed by atoms with Crippen molar-refractivity contribution in [2.75, 3.05) is 13.2 Å². The minimum atomic E-state index is -0.848. The van der Waals surface area contributed by atoms with Crippen molar-refractivity contribution in [2.24, 2.45) is 0 Å². The van der Waals surface area contributed by atoms with Gasteiger partial charge in [-0.3, -0.25) is 9.59 Å². The Hall–Kier alpha value is -1.40. The number of hydrogen-bond donors (Lipinski definition) is 3. The standard InChI is InChI=1S/C65H127NO5/c1-3-5-7-9-11-13-15-17-19-21-22-23-24-26-29-33-37-41-45-49-53-57-63(68)62(61-67)66-64(69)58-54-50-46-42-38-34-30-27-25-28-32-36-40-44-48-52-56-60-71-65(70)59-55-51-47-43-39-35-31-20-18-16-14-12-10-8-6-4-2/h53,57,62-63,67-68H,3-52,54-56,58-61H2,1-2H3,(H,66,69)/b57-53+. The Balaban J connectivity index is 3.42. The highest BCUT2D eigenvalue weighted by atomic mass is 16.5. The van der Waals surface area contributed by atoms with Gasteiger partial charge in [0.25, 0.3) is 0 Å². The molecule has 0 saturated heterocycles. The molecular weight excluding hydrogens is 875 g/mol. The zero-order valence-electron chi connectivity index (χ0n) is 48.2. The van der Waals surface area contributed by atoms with Gasteiger partial charge in [0.15, 0.2) is 0 Å². The van der Waals surface area contributed by atoms with Gasteiger partial charge < -0.3 is 20.3 Å². The molecule has 0 fully saturated rings. The van der Waals surface area contributed by atoms with Crippen LogP contribution in [0.4, 0.5) is 0 Å². The molecule has 0 rings (SSSR count). The lowest BCUT2D eigenvalue weighted by atomic mass is 10.0. The molecule has 2 atom stereocenters. The number of aliphatic hydroxyl groups is 2. The summed E-state index contributed by atoms with van der Waals surface area (Å²) in [5.41, 5.74) is 0. The summed E-state index contributed by atoms with van der Waals surface area (Å²) in [4.78, 5) is 24.6. The minimum Gasteiger partial charge on any atom is -0.466 e. The van der Waals surface area contributed by atoms with Gasteiger partial charge in [0.1, 0.15) is 0 Å². The predicted octanol–water partition coefficient (Wildman–Crippen LogP) is 20.4. The van der Waals surface area contributed by atoms with E-state index >= 15 is 0 Å². The molecule has 0 saturated carbocycles. The van der Waals surface area contributed by atoms with Crippen molar-refractivity contribution in [1.82, 2.24) is 5.32 Å². The monoisotopic (exact) mass is 1000 g/mol. The number of hydrogen-bond acceptors (Lipinski definition) is 5. The van der Waals surface area contributed by atoms with E-state index in [4.69, 9.17) is 4.74 Å². The second kappa shape index (κ2) is 61.1. The van der Waals surface area contributed by atoms with Gasteiger partial charge in [-0.25, -0.2) is 0 Å². The number of carbonyl (C=O) groups is 2. The molecule has 0 radical (unpaired) electrons. The Morgan fingerprint density at radius 2 is 0.648 bits per heavy atom. The topological polar surface area (TPSA) is 95.9 Å². The molecular formula is C65H127NO5. The van der Waals surface area contributed by atoms with Crippen LogP contribution in [0.15, 0.2) is 12.2 Å². The zero-order chi connectivity index (χ0) is 51.4. The first-order valence-electron chi connectivity index (χ1n) is 32.5. The number of aliphatic hydroxyl groups excluding tert-OH is 2. The quantitative estimate of drug-likeness (QED) is 0.0320. The summed E-state index contributed by atoms with van der Waals surface area (Å²) >= 11 is 0. The van der Waals surface area contributed by atoms with E-state index in [0.717, 1.165) is 38.5 Å². The zero-order valence-corrected chi connectivity index (χ0v) is 48.2. The summed E-state index contributed by atoms with van der Waals surface area (Å²) in [6, 6.07) is -0.632. The molecule has 1 amide bonds. The van der Waals surface area contributed by atoms with Crippen LogP contribution < -0.4 is 5.32 Å². The van der Waals surface area contributed by atoms with Crippen LogP contribution in [-0.4, -0.2) is 47.4 Å². The Morgan fingerprint density at radius 1 is 0.380 bits per heavy atom. The smallest absolute Gasteiger partial charge is 0.305 e. The lowest BCUT2D eigenvalue weighted by molar-refractivity contribution is -0.143. The molecule has 0 spiro atoms. The average molecular weight is 1000 g/mol. The highest BCUT2D eigenvalue weighted by molar-refractivity contribution is 5.76. The van der Waals surface area contributed by atoms with Crippen LogP contribution in [0.2, 0.25) is 0 Å². The third kappa shape index (κ3) is 57.7. The molecule has 0 aromatic heterocycles. The number of nitrogens with one attached hydrogen (secondary N) is 1. The molecule has 422 valence electrons. The number of allylic oxidation sites excluding steroid dienone is 1. The normalized spacial score (nSPS) is 12.6. The molecule has 0 bridgehead atoms. The molecule has 71 heavy (non-hydrogen) atoms. The molecule has 3 N–H and O–H groups in total. The maximum absolute atomic E-state index is 12.5. The number of unbranched alkanes of at least 4 members (excludes halogenated alkanes) is 50. The Morgan fingerprint density at radius 3 is 0.958 bits per heavy atom. The van der Waals surface area contributed by atoms with Crippen molar-refractivity contribution in [1.29, 1.82) is 0 Å². The molecule has 0 aliphatic heterocycles. The highest BCUT2D eigenvalue weighted by Crippen LogP contribution is 2.18. The number of rotatable bonds is 61. The van der Waals surface area contributed by atoms with Gasteiger partial charge >= 0.3 is 5.97 Å². The maximum Gasteiger partial charge on any atom is 0.305 e. The Kier molecular flexibility index (Phi) is 59.9. The maximum atomic E-state index is 12.5. The Bertz CT molecular complexity index is 1060. The van der Waals surface area contributed by atoms with Crippen LogP contribution in [-0.2, 0) is 14.3 Å². The van der Waals surface area contributed by atoms with Gasteiger partial charge in [0.05, 0.1) is 25.4 Å². The predicted molar refractivity (Wildman–Crippen MR) is 310 cm³/mol. The molecule has 2 unspecified atom stereocenters. The molecule has 0 heterocycles. The van der Waals surface area contributed by atoms with Crippen LogP contribution >= 0.6 is 0 Å². The lowest BCUT2D eigenvalue weighted by Crippen LogP contribution is -2.45. The van der Waals surface area contributed by atoms with E-state index in [0.29, 0.717) is 19.4 Å². The number of esters is 1. The third-order valence-corrected chi connectivity index (χ3v) is 15.3. The fraction of sp³-hybridized carbons (Fsp3) is 0.938. The molecule has 0 aliphatic carbocycles. The van der Waals surface area contributed by atoms with E-state index in [-0.39, 0.29) is 18.5 Å². The molecule has 0 aliphatic rings. The summed E-state index contributed by atoms with van der Waals surface area (Å²) in [5, 5.41) is 23.2. The van der Waals surface area contributed by atoms with Crippen LogP contribution in [0.3, 0.4) is 0 Å².